The predicted octanol–water partition coefficient (Wildman–Crippen LogP) is 5.38. The van der Waals surface area contributed by atoms with Crippen molar-refractivity contribution in [2.24, 2.45) is 23.2 Å². The molecule has 126 valence electrons. The first kappa shape index (κ1) is 17.5. The van der Waals surface area contributed by atoms with Crippen LogP contribution in [-0.2, 0) is 4.79 Å². The van der Waals surface area contributed by atoms with Crippen LogP contribution in [0.1, 0.15) is 72.1 Å². The van der Waals surface area contributed by atoms with Gasteiger partial charge in [-0.25, -0.2) is 4.39 Å². The molecule has 0 aliphatic heterocycles. The fraction of sp³-hybridized carbons (Fsp3) is 0.842. The molecule has 0 heterocycles. The first-order valence-electron chi connectivity index (χ1n) is 8.75. The van der Waals surface area contributed by atoms with E-state index in [1.54, 1.807) is 6.92 Å². The van der Waals surface area contributed by atoms with Gasteiger partial charge in [0.2, 0.25) is 0 Å². The molecule has 2 fully saturated rings. The number of carbonyl (C=O) groups is 1. The van der Waals surface area contributed by atoms with Crippen LogP contribution in [0.4, 0.5) is 4.39 Å². The van der Waals surface area contributed by atoms with Crippen molar-refractivity contribution in [1.82, 2.24) is 0 Å². The Kier molecular flexibility index (Phi) is 5.03. The third kappa shape index (κ3) is 3.38. The largest absolute Gasteiger partial charge is 0.481 e. The van der Waals surface area contributed by atoms with Gasteiger partial charge in [-0.15, -0.1) is 0 Å². The first-order chi connectivity index (χ1) is 10.2. The number of carboxylic acids is 1. The Hall–Kier alpha value is -0.860. The average Bonchev–Trinajstić information content (AvgIpc) is 2.35. The molecule has 5 atom stereocenters. The van der Waals surface area contributed by atoms with Crippen LogP contribution in [0.2, 0.25) is 0 Å². The normalized spacial score (nSPS) is 40.1. The fourth-order valence-electron chi connectivity index (χ4n) is 5.25. The zero-order chi connectivity index (χ0) is 16.5. The number of allylic oxidation sites excluding steroid dienone is 1. The molecule has 2 rings (SSSR count). The van der Waals surface area contributed by atoms with Crippen LogP contribution in [0, 0.1) is 23.2 Å². The van der Waals surface area contributed by atoms with Crippen molar-refractivity contribution in [3.05, 3.63) is 12.2 Å². The van der Waals surface area contributed by atoms with E-state index < -0.39 is 11.6 Å². The molecule has 0 spiro atoms. The molecule has 5 unspecified atom stereocenters. The maximum atomic E-state index is 15.0. The second-order valence-corrected chi connectivity index (χ2v) is 8.22. The lowest BCUT2D eigenvalue weighted by Crippen LogP contribution is -2.51. The average molecular weight is 310 g/mol. The highest BCUT2D eigenvalue weighted by Crippen LogP contribution is 2.60. The number of hydrogen-bond acceptors (Lipinski definition) is 1. The Morgan fingerprint density at radius 2 is 2.14 bits per heavy atom. The third-order valence-corrected chi connectivity index (χ3v) is 6.42. The molecular weight excluding hydrogens is 279 g/mol. The van der Waals surface area contributed by atoms with Gasteiger partial charge in [0.15, 0.2) is 0 Å². The zero-order valence-electron chi connectivity index (χ0n) is 14.3. The molecule has 0 saturated heterocycles. The van der Waals surface area contributed by atoms with Gasteiger partial charge in [0, 0.05) is 6.42 Å². The summed E-state index contributed by atoms with van der Waals surface area (Å²) in [6.45, 7) is 10.3. The summed E-state index contributed by atoms with van der Waals surface area (Å²) in [4.78, 5) is 10.8. The molecule has 2 aliphatic rings. The highest BCUT2D eigenvalue weighted by Gasteiger charge is 2.54. The van der Waals surface area contributed by atoms with Gasteiger partial charge >= 0.3 is 5.97 Å². The molecule has 1 N–H and O–H groups in total. The molecule has 2 saturated carbocycles. The van der Waals surface area contributed by atoms with Crippen LogP contribution < -0.4 is 0 Å². The lowest BCUT2D eigenvalue weighted by atomic mass is 9.50. The lowest BCUT2D eigenvalue weighted by Gasteiger charge is -2.56. The number of carboxylic acid groups (broad SMARTS) is 1. The van der Waals surface area contributed by atoms with Gasteiger partial charge in [0.25, 0.3) is 0 Å². The van der Waals surface area contributed by atoms with E-state index in [2.05, 4.69) is 13.5 Å². The van der Waals surface area contributed by atoms with Crippen LogP contribution in [0.5, 0.6) is 0 Å². The van der Waals surface area contributed by atoms with Crippen LogP contribution in [0.3, 0.4) is 0 Å². The number of aliphatic carboxylic acids is 1. The minimum Gasteiger partial charge on any atom is -0.481 e. The summed E-state index contributed by atoms with van der Waals surface area (Å²) in [6, 6.07) is 0. The minimum absolute atomic E-state index is 0.0000267. The van der Waals surface area contributed by atoms with Gasteiger partial charge in [0.1, 0.15) is 5.67 Å². The van der Waals surface area contributed by atoms with E-state index in [-0.39, 0.29) is 23.7 Å². The number of hydrogen-bond donors (Lipinski definition) is 1. The van der Waals surface area contributed by atoms with Gasteiger partial charge in [-0.05, 0) is 75.0 Å². The summed E-state index contributed by atoms with van der Waals surface area (Å²) in [5.41, 5.74) is 0.206. The van der Waals surface area contributed by atoms with Crippen molar-refractivity contribution in [2.75, 3.05) is 0 Å². The summed E-state index contributed by atoms with van der Waals surface area (Å²) < 4.78 is 15.0. The Morgan fingerprint density at radius 3 is 2.77 bits per heavy atom. The third-order valence-electron chi connectivity index (χ3n) is 6.42. The van der Waals surface area contributed by atoms with Crippen LogP contribution in [0.25, 0.3) is 0 Å². The molecule has 2 aliphatic carbocycles. The summed E-state index contributed by atoms with van der Waals surface area (Å²) in [6.07, 6.45) is 6.63. The maximum Gasteiger partial charge on any atom is 0.303 e. The van der Waals surface area contributed by atoms with Gasteiger partial charge in [-0.2, -0.15) is 0 Å². The fourth-order valence-corrected chi connectivity index (χ4v) is 5.25. The Morgan fingerprint density at radius 1 is 1.45 bits per heavy atom. The van der Waals surface area contributed by atoms with Crippen molar-refractivity contribution >= 4 is 5.97 Å². The number of fused-ring (bicyclic) bond motifs is 1. The van der Waals surface area contributed by atoms with E-state index in [1.165, 1.54) is 5.57 Å². The Balaban J connectivity index is 2.10. The molecule has 0 aromatic carbocycles. The summed E-state index contributed by atoms with van der Waals surface area (Å²) in [5.74, 6) is -0.0837. The highest BCUT2D eigenvalue weighted by atomic mass is 19.1. The summed E-state index contributed by atoms with van der Waals surface area (Å²) in [5, 5.41) is 8.91. The Bertz CT molecular complexity index is 443. The van der Waals surface area contributed by atoms with Crippen LogP contribution >= 0.6 is 0 Å². The number of alkyl halides is 1. The van der Waals surface area contributed by atoms with Crippen molar-refractivity contribution < 1.29 is 14.3 Å². The molecule has 0 aromatic heterocycles. The van der Waals surface area contributed by atoms with E-state index in [9.17, 15) is 4.79 Å². The van der Waals surface area contributed by atoms with Crippen molar-refractivity contribution in [3.63, 3.8) is 0 Å². The SMILES string of the molecule is C=C1CCC2C(C)(F)CCCC2(C)C1CCC(C)CC(=O)O. The van der Waals surface area contributed by atoms with Crippen molar-refractivity contribution in [2.45, 2.75) is 77.8 Å². The smallest absolute Gasteiger partial charge is 0.303 e. The Labute approximate surface area is 134 Å². The van der Waals surface area contributed by atoms with Gasteiger partial charge in [0.05, 0.1) is 0 Å². The molecular formula is C19H31FO2. The van der Waals surface area contributed by atoms with Crippen molar-refractivity contribution in [1.29, 1.82) is 0 Å². The molecule has 22 heavy (non-hydrogen) atoms. The monoisotopic (exact) mass is 310 g/mol. The number of rotatable bonds is 5. The lowest BCUT2D eigenvalue weighted by molar-refractivity contribution is -0.138. The maximum absolute atomic E-state index is 15.0. The van der Waals surface area contributed by atoms with E-state index in [0.717, 1.165) is 38.5 Å². The second-order valence-electron chi connectivity index (χ2n) is 8.22. The highest BCUT2D eigenvalue weighted by molar-refractivity contribution is 5.66. The zero-order valence-corrected chi connectivity index (χ0v) is 14.3. The second kappa shape index (κ2) is 6.33. The number of halogens is 1. The van der Waals surface area contributed by atoms with Gasteiger partial charge < -0.3 is 5.11 Å². The molecule has 3 heteroatoms. The molecule has 2 nitrogen and oxygen atoms in total. The van der Waals surface area contributed by atoms with Crippen LogP contribution in [0.15, 0.2) is 12.2 Å². The van der Waals surface area contributed by atoms with Crippen molar-refractivity contribution in [3.8, 4) is 0 Å². The van der Waals surface area contributed by atoms with E-state index in [1.807, 2.05) is 6.92 Å². The summed E-state index contributed by atoms with van der Waals surface area (Å²) in [7, 11) is 0. The quantitative estimate of drug-likeness (QED) is 0.692. The topological polar surface area (TPSA) is 37.3 Å². The first-order valence-corrected chi connectivity index (χ1v) is 8.75. The molecule has 0 radical (unpaired) electrons. The van der Waals surface area contributed by atoms with Gasteiger partial charge in [-0.3, -0.25) is 4.79 Å². The summed E-state index contributed by atoms with van der Waals surface area (Å²) >= 11 is 0. The van der Waals surface area contributed by atoms with E-state index in [0.29, 0.717) is 12.3 Å². The molecule has 0 bridgehead atoms. The molecule has 0 aromatic rings. The van der Waals surface area contributed by atoms with E-state index >= 15 is 4.39 Å². The van der Waals surface area contributed by atoms with Crippen LogP contribution in [-0.4, -0.2) is 16.7 Å². The standard InChI is InChI=1S/C19H31FO2/c1-13(12-17(21)22)6-8-15-14(2)7-9-16-18(15,3)10-5-11-19(16,4)20/h13,15-16H,2,5-12H2,1,3-4H3,(H,21,22). The molecule has 0 amide bonds. The minimum atomic E-state index is -1.06. The van der Waals surface area contributed by atoms with E-state index in [4.69, 9.17) is 5.11 Å². The predicted molar refractivity (Wildman–Crippen MR) is 87.5 cm³/mol. The van der Waals surface area contributed by atoms with Gasteiger partial charge in [-0.1, -0.05) is 26.0 Å².